The molecule has 0 aromatic heterocycles. The lowest BCUT2D eigenvalue weighted by atomic mass is 10.1. The van der Waals surface area contributed by atoms with Crippen molar-refractivity contribution >= 4 is 21.7 Å². The van der Waals surface area contributed by atoms with Crippen LogP contribution in [0.3, 0.4) is 0 Å². The van der Waals surface area contributed by atoms with Crippen LogP contribution in [0.1, 0.15) is 18.1 Å². The molecule has 0 saturated heterocycles. The van der Waals surface area contributed by atoms with Crippen LogP contribution >= 0.6 is 0 Å². The summed E-state index contributed by atoms with van der Waals surface area (Å²) in [5.41, 5.74) is 8.12. The van der Waals surface area contributed by atoms with E-state index in [4.69, 9.17) is 10.5 Å². The summed E-state index contributed by atoms with van der Waals surface area (Å²) in [6.45, 7) is 4.76. The number of benzene rings is 2. The van der Waals surface area contributed by atoms with Gasteiger partial charge in [-0.25, -0.2) is 13.4 Å². The van der Waals surface area contributed by atoms with Crippen LogP contribution in [0.25, 0.3) is 0 Å². The smallest absolute Gasteiger partial charge is 0.281 e. The van der Waals surface area contributed by atoms with Crippen molar-refractivity contribution in [1.82, 2.24) is 0 Å². The van der Waals surface area contributed by atoms with Crippen LogP contribution in [0.15, 0.2) is 58.4 Å². The van der Waals surface area contributed by atoms with E-state index >= 15 is 0 Å². The Bertz CT molecular complexity index is 814. The molecule has 134 valence electrons. The van der Waals surface area contributed by atoms with E-state index in [2.05, 4.69) is 9.71 Å². The molecule has 0 radical (unpaired) electrons. The summed E-state index contributed by atoms with van der Waals surface area (Å²) < 4.78 is 32.3. The molecule has 3 N–H and O–H groups in total. The lowest BCUT2D eigenvalue weighted by Crippen LogP contribution is -2.16. The van der Waals surface area contributed by atoms with Crippen molar-refractivity contribution in [3.05, 3.63) is 59.7 Å². The first-order valence-corrected chi connectivity index (χ1v) is 9.50. The van der Waals surface area contributed by atoms with Gasteiger partial charge in [0.2, 0.25) is 0 Å². The number of rotatable bonds is 7. The molecule has 0 fully saturated rings. The molecule has 0 saturated carbocycles. The highest BCUT2D eigenvalue weighted by Crippen LogP contribution is 2.17. The maximum absolute atomic E-state index is 12.3. The Morgan fingerprint density at radius 1 is 1.12 bits per heavy atom. The van der Waals surface area contributed by atoms with Gasteiger partial charge in [-0.3, -0.25) is 4.72 Å². The molecule has 0 aliphatic heterocycles. The van der Waals surface area contributed by atoms with Crippen LogP contribution in [0.5, 0.6) is 0 Å². The topological polar surface area (TPSA) is 93.8 Å². The fourth-order valence-electron chi connectivity index (χ4n) is 2.16. The van der Waals surface area contributed by atoms with Crippen molar-refractivity contribution in [2.24, 2.45) is 10.7 Å². The summed E-state index contributed by atoms with van der Waals surface area (Å²) >= 11 is 0. The van der Waals surface area contributed by atoms with Crippen molar-refractivity contribution < 1.29 is 13.2 Å². The standard InChI is InChI=1S/C18H23N3O3S/c1-3-24-18(19)20-13-12-15-6-8-16(9-7-15)21-25(22,23)17-10-4-14(2)5-11-17/h4-11,21H,3,12-13H2,1-2H3,(H2,19,20). The van der Waals surface area contributed by atoms with E-state index in [9.17, 15) is 8.42 Å². The molecule has 0 heterocycles. The highest BCUT2D eigenvalue weighted by molar-refractivity contribution is 7.92. The predicted octanol–water partition coefficient (Wildman–Crippen LogP) is 2.69. The Balaban J connectivity index is 1.98. The highest BCUT2D eigenvalue weighted by Gasteiger charge is 2.13. The Kier molecular flexibility index (Phi) is 6.41. The van der Waals surface area contributed by atoms with E-state index in [1.54, 1.807) is 36.4 Å². The molecule has 2 rings (SSSR count). The molecule has 2 aromatic rings. The maximum Gasteiger partial charge on any atom is 0.281 e. The molecule has 0 bridgehead atoms. The van der Waals surface area contributed by atoms with Gasteiger partial charge in [-0.05, 0) is 50.1 Å². The number of nitrogens with zero attached hydrogens (tertiary/aromatic N) is 1. The van der Waals surface area contributed by atoms with Gasteiger partial charge in [-0.15, -0.1) is 0 Å². The molecule has 0 aliphatic rings. The first-order valence-electron chi connectivity index (χ1n) is 8.02. The first-order chi connectivity index (χ1) is 11.9. The predicted molar refractivity (Wildman–Crippen MR) is 100 cm³/mol. The van der Waals surface area contributed by atoms with Gasteiger partial charge in [0.15, 0.2) is 0 Å². The lowest BCUT2D eigenvalue weighted by molar-refractivity contribution is 0.320. The van der Waals surface area contributed by atoms with Gasteiger partial charge < -0.3 is 10.5 Å². The van der Waals surface area contributed by atoms with Crippen molar-refractivity contribution in [2.75, 3.05) is 17.9 Å². The van der Waals surface area contributed by atoms with Gasteiger partial charge in [0, 0.05) is 12.2 Å². The lowest BCUT2D eigenvalue weighted by Gasteiger charge is -2.09. The zero-order chi connectivity index (χ0) is 18.3. The van der Waals surface area contributed by atoms with Crippen molar-refractivity contribution in [3.63, 3.8) is 0 Å². The second-order valence-electron chi connectivity index (χ2n) is 5.52. The monoisotopic (exact) mass is 361 g/mol. The number of ether oxygens (including phenoxy) is 1. The Morgan fingerprint density at radius 2 is 1.76 bits per heavy atom. The Labute approximate surface area is 148 Å². The third-order valence-corrected chi connectivity index (χ3v) is 4.89. The van der Waals surface area contributed by atoms with Crippen LogP contribution in [0, 0.1) is 6.92 Å². The fourth-order valence-corrected chi connectivity index (χ4v) is 3.22. The second-order valence-corrected chi connectivity index (χ2v) is 7.20. The molecular weight excluding hydrogens is 338 g/mol. The fraction of sp³-hybridized carbons (Fsp3) is 0.278. The number of hydrogen-bond acceptors (Lipinski definition) is 4. The van der Waals surface area contributed by atoms with Crippen LogP contribution < -0.4 is 10.5 Å². The second kappa shape index (κ2) is 8.53. The Morgan fingerprint density at radius 3 is 2.36 bits per heavy atom. The van der Waals surface area contributed by atoms with Gasteiger partial charge in [0.1, 0.15) is 0 Å². The molecular formula is C18H23N3O3S. The number of nitrogens with two attached hydrogens (primary N) is 1. The zero-order valence-corrected chi connectivity index (χ0v) is 15.2. The number of anilines is 1. The molecule has 6 nitrogen and oxygen atoms in total. The van der Waals surface area contributed by atoms with E-state index in [1.165, 1.54) is 0 Å². The van der Waals surface area contributed by atoms with Crippen LogP contribution in [-0.4, -0.2) is 27.6 Å². The Hall–Kier alpha value is -2.54. The zero-order valence-electron chi connectivity index (χ0n) is 14.4. The summed E-state index contributed by atoms with van der Waals surface area (Å²) in [7, 11) is -3.58. The van der Waals surface area contributed by atoms with Gasteiger partial charge in [0.25, 0.3) is 16.0 Å². The van der Waals surface area contributed by atoms with Gasteiger partial charge in [0.05, 0.1) is 11.5 Å². The molecule has 0 unspecified atom stereocenters. The molecule has 0 aliphatic carbocycles. The van der Waals surface area contributed by atoms with E-state index < -0.39 is 10.0 Å². The summed E-state index contributed by atoms with van der Waals surface area (Å²) in [5, 5.41) is 0. The minimum atomic E-state index is -3.58. The van der Waals surface area contributed by atoms with Crippen molar-refractivity contribution in [3.8, 4) is 0 Å². The third kappa shape index (κ3) is 5.79. The number of amidine groups is 1. The molecule has 0 spiro atoms. The molecule has 25 heavy (non-hydrogen) atoms. The quantitative estimate of drug-likeness (QED) is 0.586. The first kappa shape index (κ1) is 18.8. The summed E-state index contributed by atoms with van der Waals surface area (Å²) in [4.78, 5) is 4.34. The number of hydrogen-bond donors (Lipinski definition) is 2. The van der Waals surface area contributed by atoms with E-state index in [1.807, 2.05) is 26.0 Å². The average molecular weight is 361 g/mol. The maximum atomic E-state index is 12.3. The number of aryl methyl sites for hydroxylation is 1. The van der Waals surface area contributed by atoms with E-state index in [-0.39, 0.29) is 10.9 Å². The molecule has 2 aromatic carbocycles. The number of aliphatic imine (C=N–C) groups is 1. The minimum absolute atomic E-state index is 0.185. The SMILES string of the molecule is CCOC(N)=NCCc1ccc(NS(=O)(=O)c2ccc(C)cc2)cc1. The highest BCUT2D eigenvalue weighted by atomic mass is 32.2. The number of nitrogens with one attached hydrogen (secondary N) is 1. The molecule has 0 atom stereocenters. The molecule has 7 heteroatoms. The van der Waals surface area contributed by atoms with Crippen LogP contribution in [0.2, 0.25) is 0 Å². The summed E-state index contributed by atoms with van der Waals surface area (Å²) in [6, 6.07) is 14.1. The number of sulfonamides is 1. The third-order valence-electron chi connectivity index (χ3n) is 3.50. The van der Waals surface area contributed by atoms with Gasteiger partial charge in [-0.2, -0.15) is 0 Å². The minimum Gasteiger partial charge on any atom is -0.466 e. The largest absolute Gasteiger partial charge is 0.466 e. The van der Waals surface area contributed by atoms with Crippen LogP contribution in [-0.2, 0) is 21.2 Å². The summed E-state index contributed by atoms with van der Waals surface area (Å²) in [5.74, 6) is 0. The van der Waals surface area contributed by atoms with E-state index in [0.29, 0.717) is 25.3 Å². The van der Waals surface area contributed by atoms with Crippen molar-refractivity contribution in [2.45, 2.75) is 25.2 Å². The van der Waals surface area contributed by atoms with Gasteiger partial charge in [-0.1, -0.05) is 29.8 Å². The van der Waals surface area contributed by atoms with Gasteiger partial charge >= 0.3 is 0 Å². The van der Waals surface area contributed by atoms with Crippen molar-refractivity contribution in [1.29, 1.82) is 0 Å². The summed E-state index contributed by atoms with van der Waals surface area (Å²) in [6.07, 6.45) is 0.693. The normalized spacial score (nSPS) is 12.0. The van der Waals surface area contributed by atoms with Crippen LogP contribution in [0.4, 0.5) is 5.69 Å². The van der Waals surface area contributed by atoms with E-state index in [0.717, 1.165) is 11.1 Å². The average Bonchev–Trinajstić information content (AvgIpc) is 2.57. The molecule has 0 amide bonds.